The number of ether oxygens (including phenoxy) is 1. The van der Waals surface area contributed by atoms with Crippen molar-refractivity contribution in [2.24, 2.45) is 5.73 Å². The summed E-state index contributed by atoms with van der Waals surface area (Å²) in [6.45, 7) is 1.77. The Morgan fingerprint density at radius 3 is 2.58 bits per heavy atom. The zero-order chi connectivity index (χ0) is 17.7. The highest BCUT2D eigenvalue weighted by atomic mass is 19.4. The third-order valence-electron chi connectivity index (χ3n) is 3.08. The molecule has 0 aliphatic rings. The van der Waals surface area contributed by atoms with E-state index in [1.54, 1.807) is 13.0 Å². The third-order valence-corrected chi connectivity index (χ3v) is 3.08. The number of nitrogens with one attached hydrogen (secondary N) is 1. The van der Waals surface area contributed by atoms with Crippen molar-refractivity contribution in [2.75, 3.05) is 0 Å². The number of aromatic nitrogens is 1. The Morgan fingerprint density at radius 1 is 1.29 bits per heavy atom. The van der Waals surface area contributed by atoms with Crippen LogP contribution in [-0.2, 0) is 17.5 Å². The first-order valence-electron chi connectivity index (χ1n) is 7.09. The number of nitrogens with two attached hydrogens (primary N) is 1. The van der Waals surface area contributed by atoms with E-state index < -0.39 is 17.8 Å². The molecule has 5 nitrogen and oxygen atoms in total. The molecule has 2 rings (SSSR count). The second-order valence-corrected chi connectivity index (χ2v) is 5.11. The Bertz CT molecular complexity index is 700. The van der Waals surface area contributed by atoms with Crippen LogP contribution in [0.25, 0.3) is 0 Å². The van der Waals surface area contributed by atoms with Gasteiger partial charge >= 0.3 is 6.18 Å². The van der Waals surface area contributed by atoms with E-state index in [-0.39, 0.29) is 24.1 Å². The zero-order valence-electron chi connectivity index (χ0n) is 12.8. The van der Waals surface area contributed by atoms with Gasteiger partial charge in [-0.2, -0.15) is 13.2 Å². The van der Waals surface area contributed by atoms with E-state index in [1.807, 2.05) is 0 Å². The predicted octanol–water partition coefficient (Wildman–Crippen LogP) is 2.86. The van der Waals surface area contributed by atoms with Crippen molar-refractivity contribution in [1.82, 2.24) is 10.3 Å². The highest BCUT2D eigenvalue weighted by Crippen LogP contribution is 2.37. The van der Waals surface area contributed by atoms with Crippen LogP contribution in [0, 0.1) is 0 Å². The molecule has 1 aromatic carbocycles. The lowest BCUT2D eigenvalue weighted by Crippen LogP contribution is -2.37. The maximum Gasteiger partial charge on any atom is 0.419 e. The molecule has 0 fully saturated rings. The first kappa shape index (κ1) is 17.7. The normalized spacial score (nSPS) is 12.5. The second-order valence-electron chi connectivity index (χ2n) is 5.11. The molecule has 0 radical (unpaired) electrons. The Morgan fingerprint density at radius 2 is 2.00 bits per heavy atom. The van der Waals surface area contributed by atoms with Gasteiger partial charge < -0.3 is 15.8 Å². The minimum absolute atomic E-state index is 0.0222. The number of amides is 1. The van der Waals surface area contributed by atoms with E-state index in [9.17, 15) is 18.0 Å². The van der Waals surface area contributed by atoms with Crippen LogP contribution in [0.2, 0.25) is 0 Å². The quantitative estimate of drug-likeness (QED) is 0.878. The number of halogens is 3. The number of para-hydroxylation sites is 1. The first-order valence-corrected chi connectivity index (χ1v) is 7.09. The molecule has 1 heterocycles. The molecule has 1 amide bonds. The Hall–Kier alpha value is -2.61. The first-order chi connectivity index (χ1) is 11.3. The highest BCUT2D eigenvalue weighted by Gasteiger charge is 2.34. The summed E-state index contributed by atoms with van der Waals surface area (Å²) in [5.74, 6) is -0.612. The number of rotatable bonds is 5. The standard InChI is InChI=1S/C16H16F3N3O2/c1-10(20)15(23)22-9-11-6-7-14(21-8-11)24-13-5-3-2-4-12(13)16(17,18)19/h2-8,10H,9,20H2,1H3,(H,22,23)/t10-/m1/s1. The summed E-state index contributed by atoms with van der Waals surface area (Å²) in [4.78, 5) is 15.3. The molecule has 0 saturated heterocycles. The molecule has 0 aliphatic heterocycles. The number of alkyl halides is 3. The van der Waals surface area contributed by atoms with Gasteiger partial charge in [0.05, 0.1) is 11.6 Å². The number of nitrogens with zero attached hydrogens (tertiary/aromatic N) is 1. The number of hydrogen-bond acceptors (Lipinski definition) is 4. The summed E-state index contributed by atoms with van der Waals surface area (Å²) in [7, 11) is 0. The topological polar surface area (TPSA) is 77.2 Å². The van der Waals surface area contributed by atoms with Crippen LogP contribution in [0.5, 0.6) is 11.6 Å². The van der Waals surface area contributed by atoms with Gasteiger partial charge in [0, 0.05) is 18.8 Å². The maximum absolute atomic E-state index is 12.9. The summed E-state index contributed by atoms with van der Waals surface area (Å²) in [6, 6.07) is 7.30. The number of pyridine rings is 1. The van der Waals surface area contributed by atoms with Gasteiger partial charge in [0.25, 0.3) is 0 Å². The molecule has 8 heteroatoms. The average molecular weight is 339 g/mol. The summed E-state index contributed by atoms with van der Waals surface area (Å²) in [5, 5.41) is 2.60. The molecule has 1 atom stereocenters. The summed E-state index contributed by atoms with van der Waals surface area (Å²) < 4.78 is 43.9. The van der Waals surface area contributed by atoms with Gasteiger partial charge in [0.15, 0.2) is 0 Å². The van der Waals surface area contributed by atoms with Crippen LogP contribution in [-0.4, -0.2) is 16.9 Å². The molecule has 2 aromatic rings. The second kappa shape index (κ2) is 7.31. The molecule has 24 heavy (non-hydrogen) atoms. The van der Waals surface area contributed by atoms with E-state index in [1.165, 1.54) is 30.5 Å². The van der Waals surface area contributed by atoms with Crippen LogP contribution < -0.4 is 15.8 Å². The number of hydrogen-bond donors (Lipinski definition) is 2. The summed E-state index contributed by atoms with van der Waals surface area (Å²) in [5.41, 5.74) is 5.21. The van der Waals surface area contributed by atoms with Crippen LogP contribution >= 0.6 is 0 Å². The fourth-order valence-corrected chi connectivity index (χ4v) is 1.83. The number of carbonyl (C=O) groups is 1. The SMILES string of the molecule is C[C@@H](N)C(=O)NCc1ccc(Oc2ccccc2C(F)(F)F)nc1. The Balaban J connectivity index is 2.06. The van der Waals surface area contributed by atoms with Crippen LogP contribution in [0.4, 0.5) is 13.2 Å². The third kappa shape index (κ3) is 4.69. The zero-order valence-corrected chi connectivity index (χ0v) is 12.8. The summed E-state index contributed by atoms with van der Waals surface area (Å²) in [6.07, 6.45) is -3.10. The Kier molecular flexibility index (Phi) is 5.40. The van der Waals surface area contributed by atoms with Crippen LogP contribution in [0.3, 0.4) is 0 Å². The van der Waals surface area contributed by atoms with Crippen LogP contribution in [0.1, 0.15) is 18.1 Å². The fraction of sp³-hybridized carbons (Fsp3) is 0.250. The van der Waals surface area contributed by atoms with E-state index in [2.05, 4.69) is 10.3 Å². The van der Waals surface area contributed by atoms with Crippen molar-refractivity contribution >= 4 is 5.91 Å². The van der Waals surface area contributed by atoms with Gasteiger partial charge in [0.1, 0.15) is 5.75 Å². The molecule has 1 aromatic heterocycles. The molecule has 0 aliphatic carbocycles. The Labute approximate surface area is 136 Å². The lowest BCUT2D eigenvalue weighted by atomic mass is 10.2. The van der Waals surface area contributed by atoms with Crippen molar-refractivity contribution in [3.05, 3.63) is 53.7 Å². The van der Waals surface area contributed by atoms with Gasteiger partial charge in [-0.3, -0.25) is 4.79 Å². The molecular formula is C16H16F3N3O2. The monoisotopic (exact) mass is 339 g/mol. The van der Waals surface area contributed by atoms with E-state index >= 15 is 0 Å². The molecule has 128 valence electrons. The average Bonchev–Trinajstić information content (AvgIpc) is 2.53. The van der Waals surface area contributed by atoms with Gasteiger partial charge in [-0.15, -0.1) is 0 Å². The van der Waals surface area contributed by atoms with E-state index in [4.69, 9.17) is 10.5 Å². The lowest BCUT2D eigenvalue weighted by Gasteiger charge is -2.13. The minimum Gasteiger partial charge on any atom is -0.438 e. The highest BCUT2D eigenvalue weighted by molar-refractivity contribution is 5.80. The molecular weight excluding hydrogens is 323 g/mol. The lowest BCUT2D eigenvalue weighted by molar-refractivity contribution is -0.138. The maximum atomic E-state index is 12.9. The minimum atomic E-state index is -4.51. The van der Waals surface area contributed by atoms with Crippen molar-refractivity contribution < 1.29 is 22.7 Å². The van der Waals surface area contributed by atoms with Crippen LogP contribution in [0.15, 0.2) is 42.6 Å². The van der Waals surface area contributed by atoms with Crippen molar-refractivity contribution in [1.29, 1.82) is 0 Å². The van der Waals surface area contributed by atoms with E-state index in [0.29, 0.717) is 5.56 Å². The molecule has 0 bridgehead atoms. The molecule has 0 unspecified atom stereocenters. The van der Waals surface area contributed by atoms with Gasteiger partial charge in [-0.05, 0) is 24.6 Å². The van der Waals surface area contributed by atoms with Crippen molar-refractivity contribution in [3.8, 4) is 11.6 Å². The number of carbonyl (C=O) groups excluding carboxylic acids is 1. The van der Waals surface area contributed by atoms with Gasteiger partial charge in [-0.1, -0.05) is 18.2 Å². The van der Waals surface area contributed by atoms with Crippen molar-refractivity contribution in [2.45, 2.75) is 25.7 Å². The molecule has 0 saturated carbocycles. The molecule has 0 spiro atoms. The predicted molar refractivity (Wildman–Crippen MR) is 81.3 cm³/mol. The summed E-state index contributed by atoms with van der Waals surface area (Å²) >= 11 is 0. The largest absolute Gasteiger partial charge is 0.438 e. The smallest absolute Gasteiger partial charge is 0.419 e. The molecule has 3 N–H and O–H groups in total. The van der Waals surface area contributed by atoms with E-state index in [0.717, 1.165) is 6.07 Å². The fourth-order valence-electron chi connectivity index (χ4n) is 1.83. The van der Waals surface area contributed by atoms with Gasteiger partial charge in [-0.25, -0.2) is 4.98 Å². The van der Waals surface area contributed by atoms with Crippen molar-refractivity contribution in [3.63, 3.8) is 0 Å². The number of benzene rings is 1. The van der Waals surface area contributed by atoms with Gasteiger partial charge in [0.2, 0.25) is 11.8 Å².